The van der Waals surface area contributed by atoms with Crippen LogP contribution in [0.4, 0.5) is 0 Å². The van der Waals surface area contributed by atoms with Gasteiger partial charge in [-0.2, -0.15) is 0 Å². The third-order valence-corrected chi connectivity index (χ3v) is 0. The summed E-state index contributed by atoms with van der Waals surface area (Å²) in [6, 6.07) is 0. The average molecular weight is 114 g/mol. The average Bonchev–Trinajstić information content (AvgIpc) is 1.00. The second kappa shape index (κ2) is 123. The van der Waals surface area contributed by atoms with E-state index < -0.39 is 0 Å². The van der Waals surface area contributed by atoms with Gasteiger partial charge in [0.2, 0.25) is 0 Å². The number of nitrogens with two attached hydrogens (primary N) is 2. The predicted octanol–water partition coefficient (Wildman–Crippen LogP) is -2.01. The van der Waals surface area contributed by atoms with E-state index >= 15 is 0 Å². The zero-order valence-electron chi connectivity index (χ0n) is 1.96. The molecule has 0 spiro atoms. The van der Waals surface area contributed by atoms with Crippen molar-refractivity contribution in [2.45, 2.75) is 0 Å². The van der Waals surface area contributed by atoms with Crippen molar-refractivity contribution in [3.05, 3.63) is 0 Å². The second-order valence-corrected chi connectivity index (χ2v) is 0. The Morgan fingerprint density at radius 3 is 1.00 bits per heavy atom. The van der Waals surface area contributed by atoms with Gasteiger partial charge in [0.1, 0.15) is 0 Å². The van der Waals surface area contributed by atoms with E-state index in [1.807, 2.05) is 0 Å². The molecule has 0 aromatic heterocycles. The summed E-state index contributed by atoms with van der Waals surface area (Å²) < 4.78 is 0. The first-order chi connectivity index (χ1) is 1.00. The normalized spacial score (nSPS) is 1.50. The molecule has 0 atom stereocenters. The molecule has 0 aromatic carbocycles. The summed E-state index contributed by atoms with van der Waals surface area (Å²) >= 11 is 0. The van der Waals surface area contributed by atoms with Crippen molar-refractivity contribution in [1.82, 2.24) is 0 Å². The Morgan fingerprint density at radius 2 is 1.00 bits per heavy atom. The quantitative estimate of drug-likeness (QED) is 0.216. The maximum absolute atomic E-state index is 4.00. The fourth-order valence-electron chi connectivity index (χ4n) is 0. The summed E-state index contributed by atoms with van der Waals surface area (Å²) in [6.45, 7) is 0. The van der Waals surface area contributed by atoms with E-state index in [2.05, 4.69) is 11.7 Å². The number of hydrogen-bond donors (Lipinski definition) is 2. The summed E-state index contributed by atoms with van der Waals surface area (Å²) in [5.41, 5.74) is 0. The van der Waals surface area contributed by atoms with Crippen LogP contribution in [0.5, 0.6) is 0 Å². The van der Waals surface area contributed by atoms with E-state index in [1.54, 1.807) is 0 Å². The van der Waals surface area contributed by atoms with Gasteiger partial charge in [0.15, 0.2) is 0 Å². The SMILES string of the molecule is NN.O.[Cu]. The molecule has 3 nitrogen and oxygen atoms in total. The third-order valence-electron chi connectivity index (χ3n) is 0. The van der Waals surface area contributed by atoms with Gasteiger partial charge in [0.25, 0.3) is 0 Å². The third kappa shape index (κ3) is 29.4. The molecule has 33 valence electrons. The number of hydrogen-bond acceptors (Lipinski definition) is 2. The molecule has 0 heterocycles. The Labute approximate surface area is 35.1 Å². The van der Waals surface area contributed by atoms with E-state index in [-0.39, 0.29) is 22.5 Å². The molecule has 0 saturated heterocycles. The standard InChI is InChI=1S/Cu.H4N2.H2O/c;1-2;/h;1-2H2;1H2. The molecule has 0 aliphatic carbocycles. The molecule has 0 amide bonds. The fourth-order valence-corrected chi connectivity index (χ4v) is 0. The fraction of sp³-hybridized carbons (Fsp3) is 0. The van der Waals surface area contributed by atoms with Crippen molar-refractivity contribution in [3.63, 3.8) is 0 Å². The Morgan fingerprint density at radius 1 is 1.00 bits per heavy atom. The van der Waals surface area contributed by atoms with Crippen LogP contribution in [0.25, 0.3) is 0 Å². The molecule has 0 fully saturated rings. The first kappa shape index (κ1) is 26.0. The molecule has 0 saturated carbocycles. The van der Waals surface area contributed by atoms with Crippen molar-refractivity contribution < 1.29 is 22.5 Å². The van der Waals surface area contributed by atoms with Crippen molar-refractivity contribution in [3.8, 4) is 0 Å². The Kier molecular flexibility index (Phi) is 796. The van der Waals surface area contributed by atoms with Crippen molar-refractivity contribution in [1.29, 1.82) is 0 Å². The Balaban J connectivity index is -0.00000000500. The molecular weight excluding hydrogens is 108 g/mol. The molecule has 1 radical (unpaired) electrons. The minimum atomic E-state index is 0. The molecule has 0 bridgehead atoms. The van der Waals surface area contributed by atoms with Crippen LogP contribution >= 0.6 is 0 Å². The summed E-state index contributed by atoms with van der Waals surface area (Å²) in [6.07, 6.45) is 0. The molecule has 0 unspecified atom stereocenters. The topological polar surface area (TPSA) is 83.5 Å². The molecular formula is H6CuN2O. The van der Waals surface area contributed by atoms with E-state index in [0.717, 1.165) is 0 Å². The van der Waals surface area contributed by atoms with E-state index in [1.165, 1.54) is 0 Å². The molecule has 0 aliphatic heterocycles. The molecule has 4 heteroatoms. The smallest absolute Gasteiger partial charge is 0 e. The number of hydrazine groups is 1. The molecule has 0 rings (SSSR count). The van der Waals surface area contributed by atoms with Crippen molar-refractivity contribution in [2.75, 3.05) is 0 Å². The van der Waals surface area contributed by atoms with Gasteiger partial charge >= 0.3 is 0 Å². The van der Waals surface area contributed by atoms with Crippen LogP contribution in [0, 0.1) is 0 Å². The van der Waals surface area contributed by atoms with Crippen molar-refractivity contribution >= 4 is 0 Å². The van der Waals surface area contributed by atoms with Gasteiger partial charge in [-0.3, -0.25) is 11.7 Å². The van der Waals surface area contributed by atoms with Gasteiger partial charge in [-0.05, 0) is 0 Å². The summed E-state index contributed by atoms with van der Waals surface area (Å²) in [7, 11) is 0. The zero-order chi connectivity index (χ0) is 2.00. The molecule has 0 aliphatic rings. The van der Waals surface area contributed by atoms with Gasteiger partial charge in [-0.15, -0.1) is 0 Å². The predicted molar refractivity (Wildman–Crippen MR) is 12.0 cm³/mol. The molecule has 6 N–H and O–H groups in total. The number of rotatable bonds is 0. The monoisotopic (exact) mass is 113 g/mol. The maximum atomic E-state index is 4.00. The zero-order valence-corrected chi connectivity index (χ0v) is 2.90. The first-order valence-electron chi connectivity index (χ1n) is 0.333. The summed E-state index contributed by atoms with van der Waals surface area (Å²) in [5.74, 6) is 8.00. The summed E-state index contributed by atoms with van der Waals surface area (Å²) in [5, 5.41) is 0. The van der Waals surface area contributed by atoms with Crippen molar-refractivity contribution in [2.24, 2.45) is 11.7 Å². The second-order valence-electron chi connectivity index (χ2n) is 0. The van der Waals surface area contributed by atoms with Crippen LogP contribution in [-0.4, -0.2) is 5.48 Å². The van der Waals surface area contributed by atoms with Gasteiger partial charge in [-0.1, -0.05) is 0 Å². The maximum Gasteiger partial charge on any atom is 0 e. The van der Waals surface area contributed by atoms with Crippen LogP contribution < -0.4 is 11.7 Å². The van der Waals surface area contributed by atoms with Gasteiger partial charge in [0, 0.05) is 17.1 Å². The van der Waals surface area contributed by atoms with E-state index in [0.29, 0.717) is 0 Å². The van der Waals surface area contributed by atoms with Gasteiger partial charge in [0.05, 0.1) is 0 Å². The van der Waals surface area contributed by atoms with Crippen LogP contribution in [0.3, 0.4) is 0 Å². The minimum absolute atomic E-state index is 0. The summed E-state index contributed by atoms with van der Waals surface area (Å²) in [4.78, 5) is 0. The van der Waals surface area contributed by atoms with E-state index in [9.17, 15) is 0 Å². The van der Waals surface area contributed by atoms with Crippen LogP contribution in [-0.2, 0) is 17.1 Å². The minimum Gasteiger partial charge on any atom is -0.412 e. The Bertz CT molecular complexity index is 6.00. The Hall–Kier alpha value is 0.399. The van der Waals surface area contributed by atoms with Gasteiger partial charge < -0.3 is 5.48 Å². The molecule has 4 heavy (non-hydrogen) atoms. The van der Waals surface area contributed by atoms with Crippen LogP contribution in [0.1, 0.15) is 0 Å². The van der Waals surface area contributed by atoms with E-state index in [4.69, 9.17) is 0 Å². The first-order valence-corrected chi connectivity index (χ1v) is 0.333. The van der Waals surface area contributed by atoms with Crippen LogP contribution in [0.15, 0.2) is 0 Å². The van der Waals surface area contributed by atoms with Crippen LogP contribution in [0.2, 0.25) is 0 Å². The largest absolute Gasteiger partial charge is 0.412 e. The van der Waals surface area contributed by atoms with Gasteiger partial charge in [-0.25, -0.2) is 0 Å². The molecule has 0 aromatic rings.